The van der Waals surface area contributed by atoms with Crippen LogP contribution < -0.4 is 11.1 Å². The van der Waals surface area contributed by atoms with Crippen LogP contribution in [0.3, 0.4) is 0 Å². The minimum Gasteiger partial charge on any atom is -0.370 e. The quantitative estimate of drug-likeness (QED) is 0.897. The molecule has 3 nitrogen and oxygen atoms in total. The Kier molecular flexibility index (Phi) is 4.39. The van der Waals surface area contributed by atoms with E-state index in [-0.39, 0.29) is 5.82 Å². The van der Waals surface area contributed by atoms with Crippen LogP contribution in [0.25, 0.3) is 0 Å². The van der Waals surface area contributed by atoms with Gasteiger partial charge >= 0.3 is 0 Å². The summed E-state index contributed by atoms with van der Waals surface area (Å²) in [6, 6.07) is 10.8. The number of anilines is 1. The van der Waals surface area contributed by atoms with Crippen molar-refractivity contribution in [3.63, 3.8) is 0 Å². The van der Waals surface area contributed by atoms with Crippen molar-refractivity contribution in [3.05, 3.63) is 63.9 Å². The zero-order chi connectivity index (χ0) is 14.7. The van der Waals surface area contributed by atoms with Crippen LogP contribution in [0.15, 0.2) is 46.9 Å². The molecule has 0 aliphatic heterocycles. The van der Waals surface area contributed by atoms with E-state index >= 15 is 0 Å². The van der Waals surface area contributed by atoms with Gasteiger partial charge in [-0.1, -0.05) is 34.1 Å². The first kappa shape index (κ1) is 14.5. The van der Waals surface area contributed by atoms with Crippen LogP contribution in [0.2, 0.25) is 0 Å². The van der Waals surface area contributed by atoms with Crippen molar-refractivity contribution in [1.29, 1.82) is 0 Å². The number of aryl methyl sites for hydroxylation is 1. The molecule has 0 radical (unpaired) electrons. The van der Waals surface area contributed by atoms with E-state index in [0.717, 1.165) is 10.0 Å². The average molecular weight is 337 g/mol. The maximum Gasteiger partial charge on any atom is 0.244 e. The molecule has 104 valence electrons. The predicted molar refractivity (Wildman–Crippen MR) is 80.8 cm³/mol. The zero-order valence-corrected chi connectivity index (χ0v) is 12.4. The lowest BCUT2D eigenvalue weighted by molar-refractivity contribution is -0.118. The molecule has 1 atom stereocenters. The summed E-state index contributed by atoms with van der Waals surface area (Å²) in [4.78, 5) is 11.7. The third-order valence-corrected chi connectivity index (χ3v) is 3.57. The summed E-state index contributed by atoms with van der Waals surface area (Å²) in [5.74, 6) is -0.903. The highest BCUT2D eigenvalue weighted by Crippen LogP contribution is 2.27. The number of amides is 1. The van der Waals surface area contributed by atoms with Crippen LogP contribution >= 0.6 is 15.9 Å². The Morgan fingerprint density at radius 3 is 2.65 bits per heavy atom. The van der Waals surface area contributed by atoms with Crippen molar-refractivity contribution in [2.75, 3.05) is 5.32 Å². The molecule has 2 aromatic carbocycles. The second kappa shape index (κ2) is 6.05. The van der Waals surface area contributed by atoms with Gasteiger partial charge in [-0.25, -0.2) is 4.39 Å². The molecular formula is C15H14BrFN2O. The first-order valence-corrected chi connectivity index (χ1v) is 6.84. The van der Waals surface area contributed by atoms with Crippen LogP contribution in [0, 0.1) is 12.7 Å². The highest BCUT2D eigenvalue weighted by atomic mass is 79.9. The van der Waals surface area contributed by atoms with E-state index in [1.807, 2.05) is 25.1 Å². The monoisotopic (exact) mass is 336 g/mol. The Hall–Kier alpha value is -1.88. The number of carbonyl (C=O) groups excluding carboxylic acids is 1. The Bertz CT molecular complexity index is 646. The normalized spacial score (nSPS) is 11.9. The van der Waals surface area contributed by atoms with E-state index in [1.165, 1.54) is 12.1 Å². The van der Waals surface area contributed by atoms with Crippen molar-refractivity contribution < 1.29 is 9.18 Å². The molecular weight excluding hydrogens is 323 g/mol. The Morgan fingerprint density at radius 2 is 2.05 bits per heavy atom. The Labute approximate surface area is 125 Å². The summed E-state index contributed by atoms with van der Waals surface area (Å²) in [6.07, 6.45) is 0. The first-order chi connectivity index (χ1) is 9.47. The SMILES string of the molecule is Cc1ccc(C(Nc2cccc(F)c2)C(N)=O)c(Br)c1. The minimum absolute atomic E-state index is 0.374. The van der Waals surface area contributed by atoms with Gasteiger partial charge in [0.25, 0.3) is 0 Å². The lowest BCUT2D eigenvalue weighted by Crippen LogP contribution is -2.28. The topological polar surface area (TPSA) is 55.1 Å². The molecule has 0 spiro atoms. The summed E-state index contributed by atoms with van der Waals surface area (Å²) in [6.45, 7) is 1.95. The van der Waals surface area contributed by atoms with Gasteiger partial charge in [0.15, 0.2) is 0 Å². The number of rotatable bonds is 4. The second-order valence-corrected chi connectivity index (χ2v) is 5.37. The van der Waals surface area contributed by atoms with E-state index in [9.17, 15) is 9.18 Å². The molecule has 0 heterocycles. The Balaban J connectivity index is 2.34. The van der Waals surface area contributed by atoms with Crippen molar-refractivity contribution in [2.45, 2.75) is 13.0 Å². The van der Waals surface area contributed by atoms with E-state index < -0.39 is 11.9 Å². The summed E-state index contributed by atoms with van der Waals surface area (Å²) < 4.78 is 14.0. The molecule has 0 fully saturated rings. The van der Waals surface area contributed by atoms with Crippen molar-refractivity contribution in [2.24, 2.45) is 5.73 Å². The molecule has 0 aliphatic carbocycles. The molecule has 1 unspecified atom stereocenters. The average Bonchev–Trinajstić information content (AvgIpc) is 2.36. The molecule has 5 heteroatoms. The fourth-order valence-electron chi connectivity index (χ4n) is 1.91. The van der Waals surface area contributed by atoms with E-state index in [0.29, 0.717) is 11.3 Å². The molecule has 3 N–H and O–H groups in total. The van der Waals surface area contributed by atoms with Crippen LogP contribution in [0.1, 0.15) is 17.2 Å². The third-order valence-electron chi connectivity index (χ3n) is 2.89. The lowest BCUT2D eigenvalue weighted by Gasteiger charge is -2.19. The van der Waals surface area contributed by atoms with Crippen LogP contribution in [-0.2, 0) is 4.79 Å². The molecule has 20 heavy (non-hydrogen) atoms. The standard InChI is InChI=1S/C15H14BrFN2O/c1-9-5-6-12(13(16)7-9)14(15(18)20)19-11-4-2-3-10(17)8-11/h2-8,14,19H,1H3,(H2,18,20). The third kappa shape index (κ3) is 3.36. The number of hydrogen-bond acceptors (Lipinski definition) is 2. The smallest absolute Gasteiger partial charge is 0.244 e. The molecule has 0 saturated carbocycles. The zero-order valence-electron chi connectivity index (χ0n) is 10.9. The number of benzene rings is 2. The van der Waals surface area contributed by atoms with Gasteiger partial charge in [-0.05, 0) is 42.3 Å². The Morgan fingerprint density at radius 1 is 1.30 bits per heavy atom. The number of nitrogens with one attached hydrogen (secondary N) is 1. The van der Waals surface area contributed by atoms with Gasteiger partial charge in [0.1, 0.15) is 11.9 Å². The summed E-state index contributed by atoms with van der Waals surface area (Å²) in [5.41, 5.74) is 7.73. The number of carbonyl (C=O) groups is 1. The molecule has 0 aromatic heterocycles. The van der Waals surface area contributed by atoms with Crippen molar-refractivity contribution >= 4 is 27.5 Å². The highest BCUT2D eigenvalue weighted by Gasteiger charge is 2.20. The predicted octanol–water partition coefficient (Wildman–Crippen LogP) is 3.54. The second-order valence-electron chi connectivity index (χ2n) is 4.52. The van der Waals surface area contributed by atoms with Gasteiger partial charge in [0, 0.05) is 10.2 Å². The van der Waals surface area contributed by atoms with Crippen molar-refractivity contribution in [1.82, 2.24) is 0 Å². The van der Waals surface area contributed by atoms with Gasteiger partial charge in [-0.15, -0.1) is 0 Å². The van der Waals surface area contributed by atoms with E-state index in [4.69, 9.17) is 5.73 Å². The van der Waals surface area contributed by atoms with Gasteiger partial charge in [0.2, 0.25) is 5.91 Å². The van der Waals surface area contributed by atoms with Crippen molar-refractivity contribution in [3.8, 4) is 0 Å². The fourth-order valence-corrected chi connectivity index (χ4v) is 2.64. The van der Waals surface area contributed by atoms with Gasteiger partial charge < -0.3 is 11.1 Å². The molecule has 2 rings (SSSR count). The minimum atomic E-state index is -0.730. The van der Waals surface area contributed by atoms with E-state index in [2.05, 4.69) is 21.2 Å². The summed E-state index contributed by atoms with van der Waals surface area (Å²) in [7, 11) is 0. The molecule has 0 saturated heterocycles. The number of hydrogen-bond donors (Lipinski definition) is 2. The largest absolute Gasteiger partial charge is 0.370 e. The maximum absolute atomic E-state index is 13.2. The maximum atomic E-state index is 13.2. The number of primary amides is 1. The molecule has 2 aromatic rings. The number of nitrogens with two attached hydrogens (primary N) is 1. The molecule has 0 aliphatic rings. The highest BCUT2D eigenvalue weighted by molar-refractivity contribution is 9.10. The van der Waals surface area contributed by atoms with E-state index in [1.54, 1.807) is 12.1 Å². The summed E-state index contributed by atoms with van der Waals surface area (Å²) in [5, 5.41) is 2.95. The van der Waals surface area contributed by atoms with Gasteiger partial charge in [-0.3, -0.25) is 4.79 Å². The first-order valence-electron chi connectivity index (χ1n) is 6.05. The van der Waals surface area contributed by atoms with Crippen LogP contribution in [-0.4, -0.2) is 5.91 Å². The molecule has 0 bridgehead atoms. The van der Waals surface area contributed by atoms with Crippen LogP contribution in [0.4, 0.5) is 10.1 Å². The van der Waals surface area contributed by atoms with Crippen LogP contribution in [0.5, 0.6) is 0 Å². The lowest BCUT2D eigenvalue weighted by atomic mass is 10.0. The molecule has 1 amide bonds. The number of halogens is 2. The summed E-state index contributed by atoms with van der Waals surface area (Å²) >= 11 is 3.42. The van der Waals surface area contributed by atoms with Gasteiger partial charge in [0.05, 0.1) is 0 Å². The van der Waals surface area contributed by atoms with Gasteiger partial charge in [-0.2, -0.15) is 0 Å². The fraction of sp³-hybridized carbons (Fsp3) is 0.133.